The molecule has 0 radical (unpaired) electrons. The Hall–Kier alpha value is -3.28. The maximum absolute atomic E-state index is 12.5. The van der Waals surface area contributed by atoms with Crippen LogP contribution in [-0.2, 0) is 4.79 Å². The molecule has 0 saturated heterocycles. The Kier molecular flexibility index (Phi) is 3.09. The van der Waals surface area contributed by atoms with Gasteiger partial charge in [0.2, 0.25) is 12.7 Å². The third-order valence-electron chi connectivity index (χ3n) is 4.92. The number of para-hydroxylation sites is 2. The Labute approximate surface area is 150 Å². The fourth-order valence-electron chi connectivity index (χ4n) is 3.82. The summed E-state index contributed by atoms with van der Waals surface area (Å²) >= 11 is 0. The van der Waals surface area contributed by atoms with E-state index in [-0.39, 0.29) is 18.6 Å². The van der Waals surface area contributed by atoms with E-state index in [0.29, 0.717) is 5.75 Å². The molecule has 5 rings (SSSR count). The smallest absolute Gasteiger partial charge is 0.231 e. The van der Waals surface area contributed by atoms with Crippen molar-refractivity contribution in [2.75, 3.05) is 12.1 Å². The molecule has 130 valence electrons. The van der Waals surface area contributed by atoms with Gasteiger partial charge in [0.15, 0.2) is 17.3 Å². The van der Waals surface area contributed by atoms with Gasteiger partial charge in [0, 0.05) is 11.3 Å². The number of carbonyl (C=O) groups excluding carboxylic acids is 1. The number of carbonyl (C=O) groups is 1. The van der Waals surface area contributed by atoms with Gasteiger partial charge in [-0.05, 0) is 43.7 Å². The van der Waals surface area contributed by atoms with Gasteiger partial charge in [-0.2, -0.15) is 0 Å². The fourth-order valence-corrected chi connectivity index (χ4v) is 3.82. The molecule has 26 heavy (non-hydrogen) atoms. The van der Waals surface area contributed by atoms with E-state index < -0.39 is 0 Å². The Morgan fingerprint density at radius 3 is 2.85 bits per heavy atom. The Morgan fingerprint density at radius 1 is 1.19 bits per heavy atom. The van der Waals surface area contributed by atoms with Gasteiger partial charge >= 0.3 is 0 Å². The molecule has 2 aliphatic rings. The first-order valence-corrected chi connectivity index (χ1v) is 8.49. The van der Waals surface area contributed by atoms with Crippen molar-refractivity contribution in [2.45, 2.75) is 19.9 Å². The second-order valence-corrected chi connectivity index (χ2v) is 6.53. The minimum atomic E-state index is -0.273. The first-order chi connectivity index (χ1) is 12.6. The van der Waals surface area contributed by atoms with Gasteiger partial charge in [0.25, 0.3) is 0 Å². The number of hydrogen-bond acceptors (Lipinski definition) is 5. The van der Waals surface area contributed by atoms with Crippen LogP contribution in [0.25, 0.3) is 11.0 Å². The zero-order valence-electron chi connectivity index (χ0n) is 14.4. The largest absolute Gasteiger partial charge is 0.454 e. The number of fused-ring (bicyclic) bond motifs is 4. The topological polar surface area (TPSA) is 65.4 Å². The maximum Gasteiger partial charge on any atom is 0.231 e. The molecule has 0 fully saturated rings. The van der Waals surface area contributed by atoms with Crippen molar-refractivity contribution in [3.05, 3.63) is 59.3 Å². The molecular formula is C20H17N3O3. The number of benzene rings is 2. The average molecular weight is 347 g/mol. The molecule has 3 aromatic rings. The lowest BCUT2D eigenvalue weighted by molar-refractivity contribution is -0.114. The molecule has 1 atom stereocenters. The molecule has 2 aromatic carbocycles. The molecule has 6 nitrogen and oxygen atoms in total. The Balaban J connectivity index is 1.79. The van der Waals surface area contributed by atoms with Gasteiger partial charge in [0.1, 0.15) is 0 Å². The van der Waals surface area contributed by atoms with Gasteiger partial charge in [-0.25, -0.2) is 4.98 Å². The van der Waals surface area contributed by atoms with Crippen LogP contribution in [0.1, 0.15) is 25.5 Å². The summed E-state index contributed by atoms with van der Waals surface area (Å²) in [6, 6.07) is 13.5. The molecule has 0 saturated carbocycles. The number of hydrogen-bond donors (Lipinski definition) is 1. The number of aromatic nitrogens is 2. The van der Waals surface area contributed by atoms with E-state index in [9.17, 15) is 4.79 Å². The summed E-state index contributed by atoms with van der Waals surface area (Å²) in [5.74, 6) is 2.19. The van der Waals surface area contributed by atoms with Crippen LogP contribution in [-0.4, -0.2) is 22.1 Å². The van der Waals surface area contributed by atoms with Gasteiger partial charge in [-0.1, -0.05) is 18.2 Å². The van der Waals surface area contributed by atoms with Crippen LogP contribution in [0.5, 0.6) is 11.5 Å². The minimum Gasteiger partial charge on any atom is -0.454 e. The van der Waals surface area contributed by atoms with E-state index in [1.165, 1.54) is 0 Å². The summed E-state index contributed by atoms with van der Waals surface area (Å²) in [5, 5.41) is 3.29. The van der Waals surface area contributed by atoms with E-state index in [1.807, 2.05) is 49.4 Å². The highest BCUT2D eigenvalue weighted by Gasteiger charge is 2.33. The summed E-state index contributed by atoms with van der Waals surface area (Å²) in [6.45, 7) is 3.74. The predicted octanol–water partition coefficient (Wildman–Crippen LogP) is 3.64. The number of ketones is 1. The lowest BCUT2D eigenvalue weighted by Crippen LogP contribution is -2.26. The summed E-state index contributed by atoms with van der Waals surface area (Å²) in [7, 11) is 0. The minimum absolute atomic E-state index is 0.0288. The molecule has 0 amide bonds. The highest BCUT2D eigenvalue weighted by atomic mass is 16.7. The second-order valence-electron chi connectivity index (χ2n) is 6.53. The number of ether oxygens (including phenoxy) is 2. The molecule has 6 heteroatoms. The van der Waals surface area contributed by atoms with Crippen molar-refractivity contribution in [1.82, 2.24) is 9.55 Å². The molecular weight excluding hydrogens is 330 g/mol. The molecule has 0 aliphatic carbocycles. The number of allylic oxidation sites excluding steroid dienone is 2. The van der Waals surface area contributed by atoms with E-state index in [0.717, 1.165) is 39.6 Å². The van der Waals surface area contributed by atoms with Crippen molar-refractivity contribution >= 4 is 22.8 Å². The second kappa shape index (κ2) is 5.36. The van der Waals surface area contributed by atoms with Crippen molar-refractivity contribution in [3.8, 4) is 11.5 Å². The van der Waals surface area contributed by atoms with Crippen molar-refractivity contribution in [2.24, 2.45) is 0 Å². The third-order valence-corrected chi connectivity index (χ3v) is 4.92. The van der Waals surface area contributed by atoms with Gasteiger partial charge in [-0.3, -0.25) is 9.36 Å². The van der Waals surface area contributed by atoms with Crippen molar-refractivity contribution in [1.29, 1.82) is 0 Å². The molecule has 2 aliphatic heterocycles. The van der Waals surface area contributed by atoms with Crippen LogP contribution in [0.3, 0.4) is 0 Å². The van der Waals surface area contributed by atoms with Crippen LogP contribution in [0.15, 0.2) is 53.7 Å². The first-order valence-electron chi connectivity index (χ1n) is 8.49. The number of imidazole rings is 1. The van der Waals surface area contributed by atoms with Crippen LogP contribution in [0.4, 0.5) is 5.95 Å². The third kappa shape index (κ3) is 2.05. The zero-order valence-corrected chi connectivity index (χ0v) is 14.4. The van der Waals surface area contributed by atoms with E-state index in [1.54, 1.807) is 6.92 Å². The van der Waals surface area contributed by atoms with Crippen molar-refractivity contribution in [3.63, 3.8) is 0 Å². The SMILES string of the molecule is CC(=O)C1=C(C)Nc2nc3ccccc3n2C1c1ccc2c(c1)OCO2. The summed E-state index contributed by atoms with van der Waals surface area (Å²) in [6.07, 6.45) is 0. The monoisotopic (exact) mass is 347 g/mol. The van der Waals surface area contributed by atoms with E-state index in [4.69, 9.17) is 14.5 Å². The zero-order chi connectivity index (χ0) is 17.8. The first kappa shape index (κ1) is 15.0. The van der Waals surface area contributed by atoms with Crippen LogP contribution in [0, 0.1) is 0 Å². The van der Waals surface area contributed by atoms with Crippen LogP contribution >= 0.6 is 0 Å². The lowest BCUT2D eigenvalue weighted by atomic mass is 9.92. The molecule has 1 aromatic heterocycles. The summed E-state index contributed by atoms with van der Waals surface area (Å²) in [4.78, 5) is 17.2. The molecule has 0 spiro atoms. The van der Waals surface area contributed by atoms with Gasteiger partial charge < -0.3 is 14.8 Å². The molecule has 1 N–H and O–H groups in total. The average Bonchev–Trinajstić information content (AvgIpc) is 3.23. The van der Waals surface area contributed by atoms with E-state index >= 15 is 0 Å². The highest BCUT2D eigenvalue weighted by Crippen LogP contribution is 2.42. The highest BCUT2D eigenvalue weighted by molar-refractivity contribution is 5.97. The Bertz CT molecular complexity index is 1100. The molecule has 1 unspecified atom stereocenters. The van der Waals surface area contributed by atoms with Crippen molar-refractivity contribution < 1.29 is 14.3 Å². The Morgan fingerprint density at radius 2 is 2.00 bits per heavy atom. The van der Waals surface area contributed by atoms with Crippen LogP contribution in [0.2, 0.25) is 0 Å². The van der Waals surface area contributed by atoms with Gasteiger partial charge in [0.05, 0.1) is 17.1 Å². The number of nitrogens with one attached hydrogen (secondary N) is 1. The fraction of sp³-hybridized carbons (Fsp3) is 0.200. The standard InChI is InChI=1S/C20H17N3O3/c1-11-18(12(2)24)19(13-7-8-16-17(9-13)26-10-25-16)23-15-6-4-3-5-14(15)22-20(23)21-11/h3-9,19H,10H2,1-2H3,(H,21,22). The predicted molar refractivity (Wildman–Crippen MR) is 97.4 cm³/mol. The van der Waals surface area contributed by atoms with Gasteiger partial charge in [-0.15, -0.1) is 0 Å². The van der Waals surface area contributed by atoms with E-state index in [2.05, 4.69) is 9.88 Å². The number of Topliss-reactive ketones (excluding diaryl/α,β-unsaturated/α-hetero) is 1. The summed E-state index contributed by atoms with van der Waals surface area (Å²) < 4.78 is 13.1. The quantitative estimate of drug-likeness (QED) is 0.767. The normalized spacial score (nSPS) is 18.0. The van der Waals surface area contributed by atoms with Crippen LogP contribution < -0.4 is 14.8 Å². The molecule has 3 heterocycles. The lowest BCUT2D eigenvalue weighted by Gasteiger charge is -2.30. The summed E-state index contributed by atoms with van der Waals surface area (Å²) in [5.41, 5.74) is 4.37. The number of rotatable bonds is 2. The number of anilines is 1. The molecule has 0 bridgehead atoms. The maximum atomic E-state index is 12.5. The number of nitrogens with zero attached hydrogens (tertiary/aromatic N) is 2.